The first-order chi connectivity index (χ1) is 23.9. The van der Waals surface area contributed by atoms with Crippen LogP contribution in [0.5, 0.6) is 11.5 Å². The average molecular weight is 663 g/mol. The maximum atomic E-state index is 13.3. The minimum atomic E-state index is -1.10. The lowest BCUT2D eigenvalue weighted by molar-refractivity contribution is -0.0916. The normalized spacial score (nSPS) is 18.9. The Labute approximate surface area is 284 Å². The fourth-order valence-corrected chi connectivity index (χ4v) is 6.13. The molecule has 0 spiro atoms. The van der Waals surface area contributed by atoms with Gasteiger partial charge in [-0.05, 0) is 59.2 Å². The van der Waals surface area contributed by atoms with Gasteiger partial charge in [0.1, 0.15) is 35.1 Å². The average Bonchev–Trinajstić information content (AvgIpc) is 3.47. The van der Waals surface area contributed by atoms with Gasteiger partial charge in [0.05, 0.1) is 26.9 Å². The van der Waals surface area contributed by atoms with Gasteiger partial charge in [0, 0.05) is 18.9 Å². The van der Waals surface area contributed by atoms with E-state index in [1.165, 1.54) is 23.9 Å². The highest BCUT2D eigenvalue weighted by molar-refractivity contribution is 6.03. The van der Waals surface area contributed by atoms with E-state index in [-0.39, 0.29) is 18.3 Å². The third-order valence-electron chi connectivity index (χ3n) is 8.70. The zero-order chi connectivity index (χ0) is 34.4. The Morgan fingerprint density at radius 2 is 1.37 bits per heavy atom. The van der Waals surface area contributed by atoms with Crippen LogP contribution in [0.25, 0.3) is 0 Å². The number of anilines is 1. The number of amides is 1. The molecule has 0 saturated carbocycles. The number of ether oxygens (including phenoxy) is 5. The van der Waals surface area contributed by atoms with Crippen LogP contribution in [-0.4, -0.2) is 61.6 Å². The highest BCUT2D eigenvalue weighted by Crippen LogP contribution is 2.42. The first-order valence-corrected chi connectivity index (χ1v) is 15.8. The van der Waals surface area contributed by atoms with E-state index in [9.17, 15) is 9.59 Å². The largest absolute Gasteiger partial charge is 0.497 e. The predicted octanol–water partition coefficient (Wildman–Crippen LogP) is 4.76. The van der Waals surface area contributed by atoms with E-state index in [4.69, 9.17) is 29.4 Å². The molecule has 0 unspecified atom stereocenters. The zero-order valence-corrected chi connectivity index (χ0v) is 27.4. The van der Waals surface area contributed by atoms with E-state index in [0.29, 0.717) is 17.1 Å². The second-order valence-corrected chi connectivity index (χ2v) is 11.5. The molecular formula is C38H38N4O7. The van der Waals surface area contributed by atoms with Crippen LogP contribution >= 0.6 is 0 Å². The quantitative estimate of drug-likeness (QED) is 0.181. The van der Waals surface area contributed by atoms with Gasteiger partial charge in [0.15, 0.2) is 6.23 Å². The fourth-order valence-electron chi connectivity index (χ4n) is 6.13. The summed E-state index contributed by atoms with van der Waals surface area (Å²) in [5, 5.41) is 2.66. The van der Waals surface area contributed by atoms with Crippen LogP contribution in [0.2, 0.25) is 0 Å². The molecule has 1 aliphatic heterocycles. The van der Waals surface area contributed by atoms with Gasteiger partial charge >= 0.3 is 5.69 Å². The number of rotatable bonds is 12. The molecular weight excluding hydrogens is 624 g/mol. The minimum Gasteiger partial charge on any atom is -0.497 e. The summed E-state index contributed by atoms with van der Waals surface area (Å²) in [5.41, 5.74) is 8.03. The maximum absolute atomic E-state index is 13.3. The Morgan fingerprint density at radius 3 is 1.90 bits per heavy atom. The van der Waals surface area contributed by atoms with E-state index in [1.54, 1.807) is 38.5 Å². The van der Waals surface area contributed by atoms with Crippen LogP contribution in [0.1, 0.15) is 33.3 Å². The summed E-state index contributed by atoms with van der Waals surface area (Å²) in [6.07, 6.45) is -0.781. The number of methoxy groups -OCH3 is 3. The van der Waals surface area contributed by atoms with Gasteiger partial charge in [0.2, 0.25) is 0 Å². The second kappa shape index (κ2) is 14.8. The Hall–Kier alpha value is -5.33. The molecule has 11 heteroatoms. The summed E-state index contributed by atoms with van der Waals surface area (Å²) in [6.45, 7) is 0.0396. The molecule has 1 saturated heterocycles. The van der Waals surface area contributed by atoms with Crippen LogP contribution in [0.15, 0.2) is 126 Å². The highest BCUT2D eigenvalue weighted by atomic mass is 16.6. The number of nitrogens with zero attached hydrogens (tertiary/aromatic N) is 2. The SMILES string of the molecule is COc1ccc(C(OC[C@H]2O[C@@H](n3ccc(NC(=O)c4ccccc4)nc3=O)[C@H](OC)[C@@H]2N)(c2ccccc2)c2ccc(OC)cc2)cc1. The molecule has 0 radical (unpaired) electrons. The van der Waals surface area contributed by atoms with Crippen molar-refractivity contribution in [3.05, 3.63) is 154 Å². The number of hydrogen-bond donors (Lipinski definition) is 2. The third-order valence-corrected chi connectivity index (χ3v) is 8.70. The highest BCUT2D eigenvalue weighted by Gasteiger charge is 2.47. The van der Waals surface area contributed by atoms with E-state index < -0.39 is 35.8 Å². The van der Waals surface area contributed by atoms with E-state index >= 15 is 0 Å². The monoisotopic (exact) mass is 662 g/mol. The standard InChI is InChI=1S/C38H38N4O7/c1-45-29-18-14-27(15-19-29)38(26-12-8-5-9-13-26,28-16-20-30(46-2)21-17-28)48-24-31-33(39)34(47-3)36(49-31)42-23-22-32(41-37(42)44)40-35(43)25-10-6-4-7-11-25/h4-23,31,33-34,36H,24,39H2,1-3H3,(H,40,41,43,44)/t31-,33-,34-,36-/m1/s1. The molecule has 3 N–H and O–H groups in total. The minimum absolute atomic E-state index is 0.0396. The van der Waals surface area contributed by atoms with E-state index in [1.807, 2.05) is 84.9 Å². The summed E-state index contributed by atoms with van der Waals surface area (Å²) in [5.74, 6) is 1.14. The molecule has 1 amide bonds. The molecule has 1 aliphatic rings. The fraction of sp³-hybridized carbons (Fsp3) is 0.237. The Kier molecular flexibility index (Phi) is 10.2. The summed E-state index contributed by atoms with van der Waals surface area (Å²) >= 11 is 0. The number of nitrogens with two attached hydrogens (primary N) is 1. The summed E-state index contributed by atoms with van der Waals surface area (Å²) < 4.78 is 31.4. The first-order valence-electron chi connectivity index (χ1n) is 15.8. The number of aromatic nitrogens is 2. The molecule has 6 rings (SSSR count). The van der Waals surface area contributed by atoms with Crippen LogP contribution in [0, 0.1) is 0 Å². The molecule has 1 aromatic heterocycles. The van der Waals surface area contributed by atoms with Crippen molar-refractivity contribution in [1.29, 1.82) is 0 Å². The van der Waals surface area contributed by atoms with Crippen molar-refractivity contribution in [3.8, 4) is 11.5 Å². The molecule has 1 fully saturated rings. The second-order valence-electron chi connectivity index (χ2n) is 11.5. The van der Waals surface area contributed by atoms with Gasteiger partial charge in [-0.1, -0.05) is 72.8 Å². The molecule has 252 valence electrons. The summed E-state index contributed by atoms with van der Waals surface area (Å²) in [6, 6.07) is 34.8. The third kappa shape index (κ3) is 6.83. The van der Waals surface area contributed by atoms with Crippen molar-refractivity contribution in [2.75, 3.05) is 33.3 Å². The molecule has 49 heavy (non-hydrogen) atoms. The number of hydrogen-bond acceptors (Lipinski definition) is 9. The van der Waals surface area contributed by atoms with Gasteiger partial charge in [-0.3, -0.25) is 9.36 Å². The molecule has 2 heterocycles. The topological polar surface area (TPSA) is 136 Å². The lowest BCUT2D eigenvalue weighted by Crippen LogP contribution is -2.45. The van der Waals surface area contributed by atoms with Crippen LogP contribution in [0.3, 0.4) is 0 Å². The predicted molar refractivity (Wildman–Crippen MR) is 184 cm³/mol. The molecule has 5 aromatic rings. The van der Waals surface area contributed by atoms with E-state index in [2.05, 4.69) is 10.3 Å². The number of carbonyl (C=O) groups excluding carboxylic acids is 1. The Balaban J connectivity index is 1.31. The van der Waals surface area contributed by atoms with Crippen molar-refractivity contribution in [2.45, 2.75) is 30.1 Å². The summed E-state index contributed by atoms with van der Waals surface area (Å²) in [4.78, 5) is 30.0. The lowest BCUT2D eigenvalue weighted by atomic mass is 9.80. The van der Waals surface area contributed by atoms with Crippen LogP contribution < -0.4 is 26.2 Å². The zero-order valence-electron chi connectivity index (χ0n) is 27.4. The number of benzene rings is 4. The van der Waals surface area contributed by atoms with Gasteiger partial charge in [-0.15, -0.1) is 0 Å². The number of nitrogens with one attached hydrogen (secondary N) is 1. The van der Waals surface area contributed by atoms with Gasteiger partial charge in [0.25, 0.3) is 5.91 Å². The van der Waals surface area contributed by atoms with Crippen molar-refractivity contribution in [3.63, 3.8) is 0 Å². The molecule has 4 aromatic carbocycles. The maximum Gasteiger partial charge on any atom is 0.351 e. The molecule has 4 atom stereocenters. The summed E-state index contributed by atoms with van der Waals surface area (Å²) in [7, 11) is 4.76. The Morgan fingerprint density at radius 1 is 0.816 bits per heavy atom. The molecule has 11 nitrogen and oxygen atoms in total. The number of carbonyl (C=O) groups is 1. The smallest absolute Gasteiger partial charge is 0.351 e. The Bertz CT molecular complexity index is 1850. The van der Waals surface area contributed by atoms with Crippen molar-refractivity contribution in [2.24, 2.45) is 5.73 Å². The lowest BCUT2D eigenvalue weighted by Gasteiger charge is -2.37. The first kappa shape index (κ1) is 33.6. The van der Waals surface area contributed by atoms with Crippen molar-refractivity contribution < 1.29 is 28.5 Å². The molecule has 0 aliphatic carbocycles. The van der Waals surface area contributed by atoms with Gasteiger partial charge < -0.3 is 34.7 Å². The van der Waals surface area contributed by atoms with Crippen LogP contribution in [0.4, 0.5) is 5.82 Å². The molecule has 0 bridgehead atoms. The van der Waals surface area contributed by atoms with E-state index in [0.717, 1.165) is 16.7 Å². The van der Waals surface area contributed by atoms with Gasteiger partial charge in [-0.2, -0.15) is 4.98 Å². The van der Waals surface area contributed by atoms with Crippen molar-refractivity contribution in [1.82, 2.24) is 9.55 Å². The van der Waals surface area contributed by atoms with Gasteiger partial charge in [-0.25, -0.2) is 4.79 Å². The van der Waals surface area contributed by atoms with Crippen molar-refractivity contribution >= 4 is 11.7 Å². The van der Waals surface area contributed by atoms with Crippen LogP contribution in [-0.2, 0) is 19.8 Å².